The summed E-state index contributed by atoms with van der Waals surface area (Å²) in [6, 6.07) is 46.3. The van der Waals surface area contributed by atoms with Crippen molar-refractivity contribution in [3.8, 4) is 17.2 Å². The summed E-state index contributed by atoms with van der Waals surface area (Å²) in [4.78, 5) is 60.5. The maximum atomic E-state index is 14.6. The zero-order valence-electron chi connectivity index (χ0n) is 38.6. The number of aromatic nitrogens is 2. The zero-order valence-corrected chi connectivity index (χ0v) is 41.1. The Balaban J connectivity index is 0.970. The van der Waals surface area contributed by atoms with Gasteiger partial charge in [0.2, 0.25) is 5.60 Å². The summed E-state index contributed by atoms with van der Waals surface area (Å²) < 4.78 is 22.7. The van der Waals surface area contributed by atoms with Gasteiger partial charge in [-0.25, -0.2) is 14.8 Å². The van der Waals surface area contributed by atoms with E-state index in [9.17, 15) is 14.4 Å². The highest BCUT2D eigenvalue weighted by atomic mass is 32.2. The van der Waals surface area contributed by atoms with Crippen molar-refractivity contribution in [3.05, 3.63) is 208 Å². The monoisotopic (exact) mass is 1000 g/mol. The van der Waals surface area contributed by atoms with Crippen molar-refractivity contribution in [2.24, 2.45) is 5.16 Å². The number of nitrogens with two attached hydrogens (primary N) is 1. The molecule has 4 heterocycles. The number of thioether (sulfide) groups is 2. The van der Waals surface area contributed by atoms with Gasteiger partial charge in [0.15, 0.2) is 16.6 Å². The number of oxime groups is 1. The van der Waals surface area contributed by atoms with Gasteiger partial charge < -0.3 is 34.8 Å². The zero-order chi connectivity index (χ0) is 49.2. The lowest BCUT2D eigenvalue weighted by molar-refractivity contribution is -0.153. The molecule has 2 amide bonds. The lowest BCUT2D eigenvalue weighted by atomic mass is 9.80. The van der Waals surface area contributed by atoms with Gasteiger partial charge in [0, 0.05) is 39.8 Å². The van der Waals surface area contributed by atoms with Crippen molar-refractivity contribution in [1.82, 2.24) is 20.2 Å². The number of rotatable bonds is 20. The Morgan fingerprint density at radius 2 is 1.39 bits per heavy atom. The maximum Gasteiger partial charge on any atom is 0.355 e. The summed E-state index contributed by atoms with van der Waals surface area (Å²) in [6.45, 7) is 0.295. The topological polar surface area (TPSA) is 177 Å². The SMILES string of the molecule is COc1ccc(COC(=O)C2=C(CCSc3ncccc3OCc3ccc(OC)cc3)CS[C@@H]3[C@H](NC(=O)/C(=N\OC(c4ccccc4)(c4ccccc4)c4ccccc4)c4csc(N)n4)C(=O)N23)cc1. The molecule has 0 unspecified atom stereocenters. The molecule has 71 heavy (non-hydrogen) atoms. The molecule has 17 heteroatoms. The molecule has 0 spiro atoms. The minimum atomic E-state index is -1.32. The Bertz CT molecular complexity index is 2930. The van der Waals surface area contributed by atoms with Gasteiger partial charge in [-0.3, -0.25) is 14.5 Å². The quantitative estimate of drug-likeness (QED) is 0.0185. The number of nitrogens with zero attached hydrogens (tertiary/aromatic N) is 4. The van der Waals surface area contributed by atoms with Crippen LogP contribution in [0.25, 0.3) is 0 Å². The number of thiazole rings is 1. The number of methoxy groups -OCH3 is 2. The van der Waals surface area contributed by atoms with E-state index in [1.54, 1.807) is 37.9 Å². The minimum absolute atomic E-state index is 0.0375. The van der Waals surface area contributed by atoms with Crippen LogP contribution >= 0.6 is 34.9 Å². The van der Waals surface area contributed by atoms with E-state index in [4.69, 9.17) is 29.5 Å². The molecule has 1 saturated heterocycles. The Morgan fingerprint density at radius 3 is 1.96 bits per heavy atom. The maximum absolute atomic E-state index is 14.6. The predicted molar refractivity (Wildman–Crippen MR) is 275 cm³/mol. The largest absolute Gasteiger partial charge is 0.497 e. The van der Waals surface area contributed by atoms with Gasteiger partial charge in [0.05, 0.1) is 14.2 Å². The number of pyridine rings is 1. The van der Waals surface area contributed by atoms with E-state index in [1.807, 2.05) is 140 Å². The molecule has 1 fully saturated rings. The van der Waals surface area contributed by atoms with E-state index in [-0.39, 0.29) is 28.8 Å². The number of esters is 1. The summed E-state index contributed by atoms with van der Waals surface area (Å²) in [7, 11) is 3.20. The fourth-order valence-corrected chi connectivity index (χ4v) is 11.0. The Hall–Kier alpha value is -7.60. The second-order valence-electron chi connectivity index (χ2n) is 16.2. The number of carbonyl (C=O) groups is 3. The van der Waals surface area contributed by atoms with Gasteiger partial charge in [-0.15, -0.1) is 34.9 Å². The number of nitrogen functional groups attached to an aromatic ring is 1. The normalized spacial score (nSPS) is 15.5. The Labute approximate surface area is 423 Å². The molecule has 0 aliphatic carbocycles. The van der Waals surface area contributed by atoms with Crippen LogP contribution < -0.4 is 25.3 Å². The van der Waals surface area contributed by atoms with Gasteiger partial charge in [-0.2, -0.15) is 0 Å². The van der Waals surface area contributed by atoms with E-state index in [1.165, 1.54) is 28.4 Å². The standard InChI is InChI=1S/C54H48N6O8S3/c1-64-41-24-20-35(21-25-41)31-66-44-19-12-29-56-49(44)69-30-28-37-33-70-51-46(50(62)60(51)47(37)52(63)67-32-36-22-26-42(65-2)27-23-36)58-48(61)45(43-34-71-53(55)57-43)59-68-54(38-13-6-3-7-14-38,39-15-8-4-9-16-39)40-17-10-5-11-18-40/h3-27,29,34,46,51H,28,30-33H2,1-2H3,(H2,55,57)(H,58,61)/b59-45-/t46-,51-/m1/s1. The lowest BCUT2D eigenvalue weighted by Crippen LogP contribution is -2.71. The highest BCUT2D eigenvalue weighted by Gasteiger charge is 2.55. The number of anilines is 1. The number of β-lactam (4-membered cyclic amide) rings is 1. The third-order valence-electron chi connectivity index (χ3n) is 11.8. The van der Waals surface area contributed by atoms with Gasteiger partial charge >= 0.3 is 5.97 Å². The summed E-state index contributed by atoms with van der Waals surface area (Å²) in [6.07, 6.45) is 2.13. The molecule has 3 N–H and O–H groups in total. The molecular weight excluding hydrogens is 957 g/mol. The van der Waals surface area contributed by atoms with E-state index in [0.29, 0.717) is 41.1 Å². The average Bonchev–Trinajstić information content (AvgIpc) is 3.86. The van der Waals surface area contributed by atoms with E-state index in [0.717, 1.165) is 50.5 Å². The van der Waals surface area contributed by atoms with Crippen LogP contribution in [0.1, 0.15) is 39.9 Å². The second-order valence-corrected chi connectivity index (χ2v) is 19.2. The summed E-state index contributed by atoms with van der Waals surface area (Å²) in [5.74, 6) is 1.09. The summed E-state index contributed by atoms with van der Waals surface area (Å²) >= 11 is 4.06. The van der Waals surface area contributed by atoms with E-state index >= 15 is 0 Å². The van der Waals surface area contributed by atoms with Gasteiger partial charge in [0.25, 0.3) is 11.8 Å². The first kappa shape index (κ1) is 48.4. The molecule has 0 bridgehead atoms. The number of hydrogen-bond acceptors (Lipinski definition) is 15. The van der Waals surface area contributed by atoms with Gasteiger partial charge in [-0.05, 0) is 59.5 Å². The molecule has 2 aliphatic heterocycles. The molecule has 9 rings (SSSR count). The number of fused-ring (bicyclic) bond motifs is 1. The number of benzene rings is 5. The van der Waals surface area contributed by atoms with Gasteiger partial charge in [0.1, 0.15) is 52.5 Å². The van der Waals surface area contributed by atoms with Crippen molar-refractivity contribution in [2.45, 2.75) is 41.7 Å². The summed E-state index contributed by atoms with van der Waals surface area (Å²) in [5.41, 5.74) is 9.63. The molecule has 2 aromatic heterocycles. The Morgan fingerprint density at radius 1 is 0.803 bits per heavy atom. The van der Waals surface area contributed by atoms with Gasteiger partial charge in [-0.1, -0.05) is 120 Å². The van der Waals surface area contributed by atoms with Crippen LogP contribution in [-0.4, -0.2) is 75.5 Å². The van der Waals surface area contributed by atoms with Crippen molar-refractivity contribution in [3.63, 3.8) is 0 Å². The molecule has 0 radical (unpaired) electrons. The fourth-order valence-electron chi connectivity index (χ4n) is 8.15. The predicted octanol–water partition coefficient (Wildman–Crippen LogP) is 9.01. The molecule has 2 atom stereocenters. The molecule has 5 aromatic carbocycles. The lowest BCUT2D eigenvalue weighted by Gasteiger charge is -2.49. The molecule has 0 saturated carbocycles. The van der Waals surface area contributed by atoms with Crippen LogP contribution in [0, 0.1) is 0 Å². The number of amides is 2. The van der Waals surface area contributed by atoms with E-state index < -0.39 is 34.8 Å². The van der Waals surface area contributed by atoms with Crippen LogP contribution in [0.4, 0.5) is 5.13 Å². The second kappa shape index (κ2) is 22.4. The van der Waals surface area contributed by atoms with Crippen molar-refractivity contribution >= 4 is 63.5 Å². The van der Waals surface area contributed by atoms with Crippen LogP contribution in [0.3, 0.4) is 0 Å². The smallest absolute Gasteiger partial charge is 0.355 e. The fraction of sp³-hybridized carbons (Fsp3) is 0.185. The third kappa shape index (κ3) is 10.8. The number of nitrogens with one attached hydrogen (secondary N) is 1. The first-order chi connectivity index (χ1) is 34.7. The number of hydrogen-bond donors (Lipinski definition) is 2. The van der Waals surface area contributed by atoms with Crippen LogP contribution in [0.15, 0.2) is 185 Å². The van der Waals surface area contributed by atoms with E-state index in [2.05, 4.69) is 20.4 Å². The average molecular weight is 1010 g/mol. The summed E-state index contributed by atoms with van der Waals surface area (Å²) in [5, 5.41) is 9.40. The molecule has 360 valence electrons. The van der Waals surface area contributed by atoms with Crippen LogP contribution in [0.2, 0.25) is 0 Å². The molecule has 14 nitrogen and oxygen atoms in total. The highest BCUT2D eigenvalue weighted by Crippen LogP contribution is 2.44. The number of carbonyl (C=O) groups excluding carboxylic acids is 3. The first-order valence-corrected chi connectivity index (χ1v) is 25.4. The van der Waals surface area contributed by atoms with Crippen LogP contribution in [0.5, 0.6) is 17.2 Å². The van der Waals surface area contributed by atoms with Crippen molar-refractivity contribution < 1.29 is 38.2 Å². The molecular formula is C54H48N6O8S3. The third-order valence-corrected chi connectivity index (χ3v) is 14.8. The molecule has 7 aromatic rings. The minimum Gasteiger partial charge on any atom is -0.497 e. The first-order valence-electron chi connectivity index (χ1n) is 22.5. The van der Waals surface area contributed by atoms with Crippen molar-refractivity contribution in [1.29, 1.82) is 0 Å². The van der Waals surface area contributed by atoms with Crippen molar-refractivity contribution in [2.75, 3.05) is 31.5 Å². The van der Waals surface area contributed by atoms with Crippen LogP contribution in [-0.2, 0) is 42.8 Å². The number of ether oxygens (including phenoxy) is 4. The highest BCUT2D eigenvalue weighted by molar-refractivity contribution is 8.00. The molecule has 2 aliphatic rings. The Kier molecular flexibility index (Phi) is 15.3.